The van der Waals surface area contributed by atoms with E-state index in [1.54, 1.807) is 16.6 Å². The van der Waals surface area contributed by atoms with Crippen LogP contribution in [0.25, 0.3) is 15.5 Å². The molecule has 0 aliphatic heterocycles. The van der Waals surface area contributed by atoms with Gasteiger partial charge in [-0.3, -0.25) is 0 Å². The fourth-order valence-corrected chi connectivity index (χ4v) is 2.86. The van der Waals surface area contributed by atoms with Crippen LogP contribution in [0.3, 0.4) is 0 Å². The van der Waals surface area contributed by atoms with Gasteiger partial charge in [-0.05, 0) is 31.0 Å². The summed E-state index contributed by atoms with van der Waals surface area (Å²) in [5.74, 6) is 1.00. The summed E-state index contributed by atoms with van der Waals surface area (Å²) in [5.41, 5.74) is 6.52. The SMILES string of the molecule is Nc1cc(-c2nn3c(C4CC4)nnc3s2)ccc1F. The Kier molecular flexibility index (Phi) is 2.14. The van der Waals surface area contributed by atoms with Crippen molar-refractivity contribution < 1.29 is 4.39 Å². The maximum atomic E-state index is 13.2. The second-order valence-corrected chi connectivity index (χ2v) is 5.63. The number of rotatable bonds is 2. The maximum absolute atomic E-state index is 13.2. The lowest BCUT2D eigenvalue weighted by Crippen LogP contribution is -1.94. The number of hydrogen-bond donors (Lipinski definition) is 1. The molecule has 5 nitrogen and oxygen atoms in total. The Hall–Kier alpha value is -2.02. The van der Waals surface area contributed by atoms with E-state index in [1.807, 2.05) is 0 Å². The van der Waals surface area contributed by atoms with Gasteiger partial charge in [-0.25, -0.2) is 4.39 Å². The van der Waals surface area contributed by atoms with E-state index in [1.165, 1.54) is 17.4 Å². The molecule has 0 saturated heterocycles. The lowest BCUT2D eigenvalue weighted by atomic mass is 10.2. The van der Waals surface area contributed by atoms with E-state index in [4.69, 9.17) is 5.73 Å². The van der Waals surface area contributed by atoms with E-state index >= 15 is 0 Å². The molecule has 0 atom stereocenters. The molecular weight excluding hydrogens is 265 g/mol. The van der Waals surface area contributed by atoms with Crippen molar-refractivity contribution in [2.24, 2.45) is 0 Å². The van der Waals surface area contributed by atoms with E-state index in [9.17, 15) is 4.39 Å². The van der Waals surface area contributed by atoms with Crippen molar-refractivity contribution in [2.45, 2.75) is 18.8 Å². The van der Waals surface area contributed by atoms with Gasteiger partial charge in [0.05, 0.1) is 5.69 Å². The van der Waals surface area contributed by atoms with Gasteiger partial charge >= 0.3 is 0 Å². The summed E-state index contributed by atoms with van der Waals surface area (Å²) in [7, 11) is 0. The van der Waals surface area contributed by atoms with Crippen molar-refractivity contribution in [2.75, 3.05) is 5.73 Å². The summed E-state index contributed by atoms with van der Waals surface area (Å²) in [6, 6.07) is 4.63. The lowest BCUT2D eigenvalue weighted by molar-refractivity contribution is 0.632. The van der Waals surface area contributed by atoms with Gasteiger partial charge in [-0.15, -0.1) is 10.2 Å². The Morgan fingerprint density at radius 3 is 2.89 bits per heavy atom. The minimum atomic E-state index is -0.412. The van der Waals surface area contributed by atoms with Gasteiger partial charge in [0, 0.05) is 11.5 Å². The molecule has 7 heteroatoms. The van der Waals surface area contributed by atoms with Crippen LogP contribution in [0.1, 0.15) is 24.6 Å². The molecule has 2 heterocycles. The van der Waals surface area contributed by atoms with E-state index in [0.717, 1.165) is 34.2 Å². The van der Waals surface area contributed by atoms with Crippen LogP contribution < -0.4 is 5.73 Å². The molecular formula is C12H10FN5S. The fourth-order valence-electron chi connectivity index (χ4n) is 2.02. The molecule has 3 aromatic rings. The number of nitrogen functional groups attached to an aromatic ring is 1. The van der Waals surface area contributed by atoms with Crippen molar-refractivity contribution in [1.29, 1.82) is 0 Å². The average Bonchev–Trinajstić information content (AvgIpc) is 3.01. The first-order valence-electron chi connectivity index (χ1n) is 6.00. The monoisotopic (exact) mass is 275 g/mol. The van der Waals surface area contributed by atoms with Crippen molar-refractivity contribution >= 4 is 22.0 Å². The van der Waals surface area contributed by atoms with Crippen LogP contribution in [0.15, 0.2) is 18.2 Å². The van der Waals surface area contributed by atoms with Crippen LogP contribution in [-0.2, 0) is 0 Å². The Balaban J connectivity index is 1.84. The van der Waals surface area contributed by atoms with Crippen LogP contribution >= 0.6 is 11.3 Å². The van der Waals surface area contributed by atoms with Crippen LogP contribution in [0.2, 0.25) is 0 Å². The van der Waals surface area contributed by atoms with Gasteiger partial charge < -0.3 is 5.73 Å². The number of nitrogens with two attached hydrogens (primary N) is 1. The molecule has 0 unspecified atom stereocenters. The molecule has 0 radical (unpaired) electrons. The zero-order valence-electron chi connectivity index (χ0n) is 9.88. The normalized spacial score (nSPS) is 15.2. The molecule has 19 heavy (non-hydrogen) atoms. The zero-order chi connectivity index (χ0) is 13.0. The largest absolute Gasteiger partial charge is 0.396 e. The predicted octanol–water partition coefficient (Wildman–Crippen LogP) is 2.45. The van der Waals surface area contributed by atoms with Gasteiger partial charge in [-0.2, -0.15) is 9.61 Å². The fraction of sp³-hybridized carbons (Fsp3) is 0.250. The molecule has 96 valence electrons. The van der Waals surface area contributed by atoms with E-state index in [-0.39, 0.29) is 5.69 Å². The number of nitrogens with zero attached hydrogens (tertiary/aromatic N) is 4. The molecule has 4 rings (SSSR count). The standard InChI is InChI=1S/C12H10FN5S/c13-8-4-3-7(5-9(8)14)11-17-18-10(6-1-2-6)15-16-12(18)19-11/h3-6H,1-2,14H2. The molecule has 1 saturated carbocycles. The third kappa shape index (κ3) is 1.69. The van der Waals surface area contributed by atoms with E-state index in [0.29, 0.717) is 5.92 Å². The summed E-state index contributed by atoms with van der Waals surface area (Å²) in [6.07, 6.45) is 2.30. The van der Waals surface area contributed by atoms with Crippen LogP contribution in [-0.4, -0.2) is 19.8 Å². The quantitative estimate of drug-likeness (QED) is 0.729. The van der Waals surface area contributed by atoms with E-state index in [2.05, 4.69) is 15.3 Å². The van der Waals surface area contributed by atoms with Crippen molar-refractivity contribution in [3.8, 4) is 10.6 Å². The second-order valence-electron chi connectivity index (χ2n) is 4.67. The number of hydrogen-bond acceptors (Lipinski definition) is 5. The van der Waals surface area contributed by atoms with Gasteiger partial charge in [0.1, 0.15) is 10.8 Å². The molecule has 0 bridgehead atoms. The molecule has 1 fully saturated rings. The van der Waals surface area contributed by atoms with Gasteiger partial charge in [0.2, 0.25) is 4.96 Å². The molecule has 0 spiro atoms. The molecule has 1 aliphatic rings. The van der Waals surface area contributed by atoms with Crippen molar-refractivity contribution in [3.63, 3.8) is 0 Å². The molecule has 2 aromatic heterocycles. The number of aromatic nitrogens is 4. The maximum Gasteiger partial charge on any atom is 0.234 e. The van der Waals surface area contributed by atoms with Crippen molar-refractivity contribution in [1.82, 2.24) is 19.8 Å². The summed E-state index contributed by atoms with van der Waals surface area (Å²) in [5, 5.41) is 13.6. The third-order valence-corrected chi connectivity index (χ3v) is 4.15. The topological polar surface area (TPSA) is 69.1 Å². The molecule has 1 aromatic carbocycles. The third-order valence-electron chi connectivity index (χ3n) is 3.20. The molecule has 2 N–H and O–H groups in total. The minimum absolute atomic E-state index is 0.130. The van der Waals surface area contributed by atoms with Crippen LogP contribution in [0.5, 0.6) is 0 Å². The number of anilines is 1. The minimum Gasteiger partial charge on any atom is -0.396 e. The van der Waals surface area contributed by atoms with Crippen LogP contribution in [0.4, 0.5) is 10.1 Å². The number of fused-ring (bicyclic) bond motifs is 1. The highest BCUT2D eigenvalue weighted by molar-refractivity contribution is 7.19. The van der Waals surface area contributed by atoms with Crippen LogP contribution in [0, 0.1) is 5.82 Å². The summed E-state index contributed by atoms with van der Waals surface area (Å²) < 4.78 is 15.0. The first-order valence-corrected chi connectivity index (χ1v) is 6.81. The zero-order valence-corrected chi connectivity index (χ0v) is 10.7. The molecule has 0 amide bonds. The highest BCUT2D eigenvalue weighted by Gasteiger charge is 2.30. The number of halogens is 1. The second kappa shape index (κ2) is 3.74. The van der Waals surface area contributed by atoms with Crippen molar-refractivity contribution in [3.05, 3.63) is 29.8 Å². The van der Waals surface area contributed by atoms with Gasteiger partial charge in [0.15, 0.2) is 5.82 Å². The molecule has 1 aliphatic carbocycles. The average molecular weight is 275 g/mol. The van der Waals surface area contributed by atoms with Gasteiger partial charge in [0.25, 0.3) is 0 Å². The summed E-state index contributed by atoms with van der Waals surface area (Å²) in [6.45, 7) is 0. The summed E-state index contributed by atoms with van der Waals surface area (Å²) >= 11 is 1.43. The lowest BCUT2D eigenvalue weighted by Gasteiger charge is -1.99. The van der Waals surface area contributed by atoms with E-state index < -0.39 is 5.82 Å². The highest BCUT2D eigenvalue weighted by Crippen LogP contribution is 2.39. The number of benzene rings is 1. The van der Waals surface area contributed by atoms with Gasteiger partial charge in [-0.1, -0.05) is 11.3 Å². The Morgan fingerprint density at radius 2 is 2.16 bits per heavy atom. The highest BCUT2D eigenvalue weighted by atomic mass is 32.1. The first-order chi connectivity index (χ1) is 9.22. The summed E-state index contributed by atoms with van der Waals surface area (Å²) in [4.78, 5) is 0.764. The smallest absolute Gasteiger partial charge is 0.234 e. The predicted molar refractivity (Wildman–Crippen MR) is 70.4 cm³/mol. The first kappa shape index (κ1) is 10.9. The Labute approximate surface area is 111 Å². The Bertz CT molecular complexity index is 774. The Morgan fingerprint density at radius 1 is 1.32 bits per heavy atom.